The molecule has 3 heterocycles. The molecule has 2 amide bonds. The van der Waals surface area contributed by atoms with Crippen molar-refractivity contribution in [2.75, 3.05) is 13.1 Å². The Morgan fingerprint density at radius 1 is 1.16 bits per heavy atom. The van der Waals surface area contributed by atoms with Crippen LogP contribution in [0.15, 0.2) is 54.7 Å². The van der Waals surface area contributed by atoms with Crippen molar-refractivity contribution < 1.29 is 9.59 Å². The Kier molecular flexibility index (Phi) is 3.72. The molecule has 0 bridgehead atoms. The van der Waals surface area contributed by atoms with Crippen LogP contribution in [-0.4, -0.2) is 39.2 Å². The molecule has 3 aromatic rings. The van der Waals surface area contributed by atoms with E-state index in [0.29, 0.717) is 18.8 Å². The quantitative estimate of drug-likeness (QED) is 0.779. The van der Waals surface area contributed by atoms with Crippen LogP contribution in [0, 0.1) is 6.92 Å². The summed E-state index contributed by atoms with van der Waals surface area (Å²) in [6, 6.07) is 14.4. The van der Waals surface area contributed by atoms with Gasteiger partial charge in [0.25, 0.3) is 5.91 Å². The molecule has 0 aliphatic carbocycles. The van der Waals surface area contributed by atoms with Gasteiger partial charge in [-0.15, -0.1) is 0 Å². The first-order chi connectivity index (χ1) is 12.2. The van der Waals surface area contributed by atoms with Crippen LogP contribution in [0.1, 0.15) is 27.9 Å². The van der Waals surface area contributed by atoms with Crippen molar-refractivity contribution in [3.05, 3.63) is 71.8 Å². The Bertz CT molecular complexity index is 948. The van der Waals surface area contributed by atoms with Crippen LogP contribution in [0.2, 0.25) is 0 Å². The van der Waals surface area contributed by atoms with Crippen LogP contribution in [0.5, 0.6) is 0 Å². The molecule has 1 aliphatic heterocycles. The van der Waals surface area contributed by atoms with E-state index in [1.807, 2.05) is 66.1 Å². The van der Waals surface area contributed by atoms with Crippen LogP contribution < -0.4 is 5.32 Å². The van der Waals surface area contributed by atoms with E-state index in [1.165, 1.54) is 0 Å². The average molecular weight is 334 g/mol. The first-order valence-corrected chi connectivity index (χ1v) is 8.24. The van der Waals surface area contributed by atoms with E-state index in [-0.39, 0.29) is 11.8 Å². The molecule has 1 N–H and O–H groups in total. The smallest absolute Gasteiger partial charge is 0.275 e. The Morgan fingerprint density at radius 2 is 1.92 bits per heavy atom. The normalized spacial score (nSPS) is 17.6. The number of hydrogen-bond acceptors (Lipinski definition) is 3. The molecular formula is C19H18N4O2. The molecule has 1 aliphatic rings. The fourth-order valence-corrected chi connectivity index (χ4v) is 3.34. The zero-order valence-corrected chi connectivity index (χ0v) is 13.8. The van der Waals surface area contributed by atoms with Crippen molar-refractivity contribution in [2.24, 2.45) is 0 Å². The maximum Gasteiger partial charge on any atom is 0.275 e. The first-order valence-electron chi connectivity index (χ1n) is 8.24. The number of aryl methyl sites for hydroxylation is 1. The van der Waals surface area contributed by atoms with Gasteiger partial charge in [0.05, 0.1) is 5.52 Å². The lowest BCUT2D eigenvalue weighted by molar-refractivity contribution is -0.128. The number of fused-ring (bicyclic) bond motifs is 1. The number of benzene rings is 1. The topological polar surface area (TPSA) is 66.7 Å². The number of nitrogens with one attached hydrogen (secondary N) is 1. The van der Waals surface area contributed by atoms with E-state index < -0.39 is 6.04 Å². The summed E-state index contributed by atoms with van der Waals surface area (Å²) in [5.41, 5.74) is 1.94. The Hall–Kier alpha value is -3.15. The summed E-state index contributed by atoms with van der Waals surface area (Å²) in [5.74, 6) is 0.364. The van der Waals surface area contributed by atoms with Gasteiger partial charge in [-0.1, -0.05) is 36.4 Å². The molecule has 1 atom stereocenters. The van der Waals surface area contributed by atoms with E-state index in [1.54, 1.807) is 4.90 Å². The third kappa shape index (κ3) is 2.55. The van der Waals surface area contributed by atoms with E-state index >= 15 is 0 Å². The fourth-order valence-electron chi connectivity index (χ4n) is 3.34. The number of hydrogen-bond donors (Lipinski definition) is 1. The minimum absolute atomic E-state index is 0.161. The SMILES string of the molecule is Cc1nc(C(=O)N2CCNC(=O)[C@H]2c2ccccc2)c2ccccn12. The van der Waals surface area contributed by atoms with E-state index in [4.69, 9.17) is 0 Å². The van der Waals surface area contributed by atoms with Crippen molar-refractivity contribution in [3.8, 4) is 0 Å². The predicted molar refractivity (Wildman–Crippen MR) is 93.2 cm³/mol. The lowest BCUT2D eigenvalue weighted by atomic mass is 10.0. The molecule has 126 valence electrons. The maximum absolute atomic E-state index is 13.2. The van der Waals surface area contributed by atoms with Gasteiger partial charge in [-0.25, -0.2) is 4.98 Å². The standard InChI is InChI=1S/C19H18N4O2/c1-13-21-16(15-9-5-6-11-22(13)15)19(25)23-12-10-20-18(24)17(23)14-7-3-2-4-8-14/h2-9,11,17H,10,12H2,1H3,(H,20,24)/t17-/m1/s1. The minimum atomic E-state index is -0.636. The molecule has 1 fully saturated rings. The number of rotatable bonds is 2. The second-order valence-electron chi connectivity index (χ2n) is 6.07. The molecule has 0 unspecified atom stereocenters. The van der Waals surface area contributed by atoms with Gasteiger partial charge in [0, 0.05) is 19.3 Å². The Morgan fingerprint density at radius 3 is 2.72 bits per heavy atom. The lowest BCUT2D eigenvalue weighted by Gasteiger charge is -2.35. The largest absolute Gasteiger partial charge is 0.352 e. The van der Waals surface area contributed by atoms with E-state index in [0.717, 1.165) is 16.9 Å². The van der Waals surface area contributed by atoms with Crippen LogP contribution in [0.4, 0.5) is 0 Å². The van der Waals surface area contributed by atoms with Crippen molar-refractivity contribution in [1.82, 2.24) is 19.6 Å². The highest BCUT2D eigenvalue weighted by molar-refractivity contribution is 6.02. The summed E-state index contributed by atoms with van der Waals surface area (Å²) in [6.45, 7) is 2.76. The van der Waals surface area contributed by atoms with Crippen LogP contribution >= 0.6 is 0 Å². The number of pyridine rings is 1. The molecular weight excluding hydrogens is 316 g/mol. The molecule has 4 rings (SSSR count). The summed E-state index contributed by atoms with van der Waals surface area (Å²) >= 11 is 0. The second-order valence-corrected chi connectivity index (χ2v) is 6.07. The van der Waals surface area contributed by atoms with Crippen molar-refractivity contribution in [1.29, 1.82) is 0 Å². The van der Waals surface area contributed by atoms with Gasteiger partial charge < -0.3 is 14.6 Å². The third-order valence-corrected chi connectivity index (χ3v) is 4.52. The summed E-state index contributed by atoms with van der Waals surface area (Å²) < 4.78 is 1.88. The number of piperazine rings is 1. The van der Waals surface area contributed by atoms with Gasteiger partial charge >= 0.3 is 0 Å². The van der Waals surface area contributed by atoms with Gasteiger partial charge in [-0.2, -0.15) is 0 Å². The third-order valence-electron chi connectivity index (χ3n) is 4.52. The summed E-state index contributed by atoms with van der Waals surface area (Å²) in [5, 5.41) is 2.85. The Balaban J connectivity index is 1.78. The van der Waals surface area contributed by atoms with E-state index in [2.05, 4.69) is 10.3 Å². The van der Waals surface area contributed by atoms with Gasteiger partial charge in [0.1, 0.15) is 11.9 Å². The summed E-state index contributed by atoms with van der Waals surface area (Å²) in [7, 11) is 0. The minimum Gasteiger partial charge on any atom is -0.352 e. The summed E-state index contributed by atoms with van der Waals surface area (Å²) in [6.07, 6.45) is 1.88. The summed E-state index contributed by atoms with van der Waals surface area (Å²) in [4.78, 5) is 31.8. The molecule has 6 nitrogen and oxygen atoms in total. The number of amides is 2. The molecule has 1 saturated heterocycles. The Labute approximate surface area is 145 Å². The fraction of sp³-hybridized carbons (Fsp3) is 0.211. The predicted octanol–water partition coefficient (Wildman–Crippen LogP) is 1.96. The van der Waals surface area contributed by atoms with Gasteiger partial charge in [-0.3, -0.25) is 9.59 Å². The van der Waals surface area contributed by atoms with E-state index in [9.17, 15) is 9.59 Å². The lowest BCUT2D eigenvalue weighted by Crippen LogP contribution is -2.52. The number of carbonyl (C=O) groups excluding carboxylic acids is 2. The molecule has 25 heavy (non-hydrogen) atoms. The first kappa shape index (κ1) is 15.4. The van der Waals surface area contributed by atoms with Crippen LogP contribution in [-0.2, 0) is 4.79 Å². The molecule has 1 aromatic carbocycles. The van der Waals surface area contributed by atoms with Crippen molar-refractivity contribution in [2.45, 2.75) is 13.0 Å². The van der Waals surface area contributed by atoms with Crippen LogP contribution in [0.3, 0.4) is 0 Å². The number of aromatic nitrogens is 2. The van der Waals surface area contributed by atoms with Crippen molar-refractivity contribution >= 4 is 17.3 Å². The molecule has 2 aromatic heterocycles. The van der Waals surface area contributed by atoms with Crippen LogP contribution in [0.25, 0.3) is 5.52 Å². The maximum atomic E-state index is 13.2. The number of imidazole rings is 1. The van der Waals surface area contributed by atoms with Gasteiger partial charge in [0.2, 0.25) is 5.91 Å². The number of nitrogens with zero attached hydrogens (tertiary/aromatic N) is 3. The monoisotopic (exact) mass is 334 g/mol. The van der Waals surface area contributed by atoms with Crippen molar-refractivity contribution in [3.63, 3.8) is 0 Å². The zero-order valence-electron chi connectivity index (χ0n) is 13.8. The highest BCUT2D eigenvalue weighted by Gasteiger charge is 2.36. The molecule has 6 heteroatoms. The highest BCUT2D eigenvalue weighted by Crippen LogP contribution is 2.26. The molecule has 0 radical (unpaired) electrons. The highest BCUT2D eigenvalue weighted by atomic mass is 16.2. The second kappa shape index (κ2) is 6.05. The molecule has 0 saturated carbocycles. The number of carbonyl (C=O) groups is 2. The zero-order chi connectivity index (χ0) is 17.4. The van der Waals surface area contributed by atoms with Gasteiger partial charge in [-0.05, 0) is 24.6 Å². The molecule has 0 spiro atoms. The van der Waals surface area contributed by atoms with Gasteiger partial charge in [0.15, 0.2) is 5.69 Å². The average Bonchev–Trinajstić information content (AvgIpc) is 2.99.